The fraction of sp³-hybridized carbons (Fsp3) is 0.562. The largest absolute Gasteiger partial charge is 0.293 e. The van der Waals surface area contributed by atoms with Crippen LogP contribution in [0.4, 0.5) is 0 Å². The molecule has 3 atom stereocenters. The first-order chi connectivity index (χ1) is 8.72. The molecule has 1 aliphatic carbocycles. The smallest absolute Gasteiger partial charge is 0.110 e. The minimum atomic E-state index is -0.315. The zero-order valence-electron chi connectivity index (χ0n) is 11.3. The van der Waals surface area contributed by atoms with E-state index in [0.29, 0.717) is 5.92 Å². The number of hydrogen-bond donors (Lipinski definition) is 1. The Morgan fingerprint density at radius 1 is 1.44 bits per heavy atom. The van der Waals surface area contributed by atoms with E-state index in [9.17, 15) is 5.26 Å². The van der Waals surface area contributed by atoms with Gasteiger partial charge in [0.25, 0.3) is 0 Å². The van der Waals surface area contributed by atoms with Gasteiger partial charge in [-0.15, -0.1) is 0 Å². The van der Waals surface area contributed by atoms with Gasteiger partial charge < -0.3 is 0 Å². The molecular formula is C16H22N2. The highest BCUT2D eigenvalue weighted by Crippen LogP contribution is 2.39. The van der Waals surface area contributed by atoms with Gasteiger partial charge in [-0.1, -0.05) is 50.1 Å². The molecule has 1 aromatic carbocycles. The van der Waals surface area contributed by atoms with Gasteiger partial charge in [0.05, 0.1) is 6.07 Å². The van der Waals surface area contributed by atoms with Crippen molar-refractivity contribution in [1.29, 1.82) is 5.26 Å². The van der Waals surface area contributed by atoms with E-state index in [1.807, 2.05) is 6.07 Å². The van der Waals surface area contributed by atoms with Crippen LogP contribution in [0.5, 0.6) is 0 Å². The second-order valence-electron chi connectivity index (χ2n) is 5.36. The van der Waals surface area contributed by atoms with Crippen molar-refractivity contribution in [3.63, 3.8) is 0 Å². The highest BCUT2D eigenvalue weighted by atomic mass is 15.0. The predicted molar refractivity (Wildman–Crippen MR) is 74.0 cm³/mol. The van der Waals surface area contributed by atoms with Gasteiger partial charge in [0.2, 0.25) is 0 Å². The summed E-state index contributed by atoms with van der Waals surface area (Å²) >= 11 is 0. The molecule has 1 aliphatic rings. The van der Waals surface area contributed by atoms with Gasteiger partial charge in [-0.05, 0) is 31.2 Å². The molecule has 0 aliphatic heterocycles. The van der Waals surface area contributed by atoms with Crippen LogP contribution in [-0.4, -0.2) is 5.54 Å². The summed E-state index contributed by atoms with van der Waals surface area (Å²) in [4.78, 5) is 0. The van der Waals surface area contributed by atoms with Crippen LogP contribution in [-0.2, 0) is 0 Å². The van der Waals surface area contributed by atoms with E-state index in [2.05, 4.69) is 49.5 Å². The first kappa shape index (κ1) is 13.1. The molecule has 1 fully saturated rings. The Morgan fingerprint density at radius 2 is 2.17 bits per heavy atom. The van der Waals surface area contributed by atoms with Crippen molar-refractivity contribution in [3.05, 3.63) is 35.9 Å². The molecule has 0 amide bonds. The predicted octanol–water partition coefficient (Wildman–Crippen LogP) is 3.81. The maximum absolute atomic E-state index is 9.60. The Hall–Kier alpha value is -1.33. The van der Waals surface area contributed by atoms with E-state index in [1.54, 1.807) is 0 Å². The third-order valence-electron chi connectivity index (χ3n) is 4.29. The van der Waals surface area contributed by atoms with Gasteiger partial charge in [-0.25, -0.2) is 0 Å². The van der Waals surface area contributed by atoms with Gasteiger partial charge in [0.15, 0.2) is 0 Å². The molecule has 0 aromatic heterocycles. The van der Waals surface area contributed by atoms with E-state index >= 15 is 0 Å². The summed E-state index contributed by atoms with van der Waals surface area (Å²) < 4.78 is 0. The van der Waals surface area contributed by atoms with Crippen molar-refractivity contribution in [2.75, 3.05) is 0 Å². The molecular weight excluding hydrogens is 220 g/mol. The maximum atomic E-state index is 9.60. The molecule has 1 aromatic rings. The lowest BCUT2D eigenvalue weighted by Crippen LogP contribution is -2.47. The highest BCUT2D eigenvalue weighted by molar-refractivity contribution is 5.22. The lowest BCUT2D eigenvalue weighted by molar-refractivity contribution is 0.283. The molecule has 2 nitrogen and oxygen atoms in total. The quantitative estimate of drug-likeness (QED) is 0.871. The molecule has 2 rings (SSSR count). The first-order valence-electron chi connectivity index (χ1n) is 6.95. The second-order valence-corrected chi connectivity index (χ2v) is 5.36. The molecule has 18 heavy (non-hydrogen) atoms. The third kappa shape index (κ3) is 2.42. The Morgan fingerprint density at radius 3 is 2.78 bits per heavy atom. The number of hydrogen-bond acceptors (Lipinski definition) is 2. The summed E-state index contributed by atoms with van der Waals surface area (Å²) in [6.45, 7) is 4.34. The summed E-state index contributed by atoms with van der Waals surface area (Å²) in [6.07, 6.45) is 4.42. The number of nitriles is 1. The fourth-order valence-electron chi connectivity index (χ4n) is 3.21. The minimum absolute atomic E-state index is 0.234. The molecule has 0 bridgehead atoms. The molecule has 96 valence electrons. The molecule has 0 saturated heterocycles. The highest BCUT2D eigenvalue weighted by Gasteiger charge is 2.42. The lowest BCUT2D eigenvalue weighted by atomic mass is 9.85. The normalized spacial score (nSPS) is 28.8. The van der Waals surface area contributed by atoms with Crippen LogP contribution in [0, 0.1) is 17.2 Å². The van der Waals surface area contributed by atoms with Crippen molar-refractivity contribution in [3.8, 4) is 6.07 Å². The minimum Gasteiger partial charge on any atom is -0.293 e. The lowest BCUT2D eigenvalue weighted by Gasteiger charge is -2.32. The summed E-state index contributed by atoms with van der Waals surface area (Å²) in [5.41, 5.74) is 0.943. The molecule has 1 N–H and O–H groups in total. The van der Waals surface area contributed by atoms with Crippen LogP contribution in [0.2, 0.25) is 0 Å². The Kier molecular flexibility index (Phi) is 4.04. The van der Waals surface area contributed by atoms with Crippen LogP contribution >= 0.6 is 0 Å². The number of nitrogens with zero attached hydrogens (tertiary/aromatic N) is 1. The van der Waals surface area contributed by atoms with Gasteiger partial charge in [0, 0.05) is 6.04 Å². The van der Waals surface area contributed by atoms with Crippen LogP contribution < -0.4 is 5.32 Å². The SMILES string of the molecule is CC[C@H]1CCC[C@@]1(C#N)N[C@H](C)c1ccccc1. The van der Waals surface area contributed by atoms with Crippen LogP contribution in [0.3, 0.4) is 0 Å². The van der Waals surface area contributed by atoms with E-state index in [4.69, 9.17) is 0 Å². The summed E-state index contributed by atoms with van der Waals surface area (Å²) in [5, 5.41) is 13.2. The van der Waals surface area contributed by atoms with Crippen LogP contribution in [0.15, 0.2) is 30.3 Å². The van der Waals surface area contributed by atoms with Crippen molar-refractivity contribution in [2.24, 2.45) is 5.92 Å². The molecule has 1 saturated carbocycles. The molecule has 2 heteroatoms. The standard InChI is InChI=1S/C16H22N2/c1-3-15-10-7-11-16(15,12-17)18-13(2)14-8-5-4-6-9-14/h4-6,8-9,13,15,18H,3,7,10-11H2,1-2H3/t13-,15+,16+/m1/s1. The van der Waals surface area contributed by atoms with Crippen molar-refractivity contribution in [2.45, 2.75) is 51.1 Å². The Bertz CT molecular complexity index is 420. The van der Waals surface area contributed by atoms with Gasteiger partial charge >= 0.3 is 0 Å². The molecule has 0 unspecified atom stereocenters. The Labute approximate surface area is 110 Å². The zero-order valence-corrected chi connectivity index (χ0v) is 11.3. The van der Waals surface area contributed by atoms with Crippen molar-refractivity contribution < 1.29 is 0 Å². The Balaban J connectivity index is 2.14. The van der Waals surface area contributed by atoms with E-state index in [1.165, 1.54) is 18.4 Å². The number of rotatable bonds is 4. The first-order valence-corrected chi connectivity index (χ1v) is 6.95. The van der Waals surface area contributed by atoms with E-state index in [-0.39, 0.29) is 11.6 Å². The van der Waals surface area contributed by atoms with E-state index < -0.39 is 0 Å². The average molecular weight is 242 g/mol. The zero-order chi connectivity index (χ0) is 13.0. The topological polar surface area (TPSA) is 35.8 Å². The second kappa shape index (κ2) is 5.54. The summed E-state index contributed by atoms with van der Waals surface area (Å²) in [6, 6.07) is 13.2. The average Bonchev–Trinajstić information content (AvgIpc) is 2.83. The van der Waals surface area contributed by atoms with Crippen LogP contribution in [0.1, 0.15) is 51.1 Å². The number of nitrogens with one attached hydrogen (secondary N) is 1. The van der Waals surface area contributed by atoms with Crippen LogP contribution in [0.25, 0.3) is 0 Å². The van der Waals surface area contributed by atoms with Gasteiger partial charge in [-0.3, -0.25) is 5.32 Å². The van der Waals surface area contributed by atoms with Gasteiger partial charge in [0.1, 0.15) is 5.54 Å². The summed E-state index contributed by atoms with van der Waals surface area (Å²) in [7, 11) is 0. The number of benzene rings is 1. The third-order valence-corrected chi connectivity index (χ3v) is 4.29. The van der Waals surface area contributed by atoms with Gasteiger partial charge in [-0.2, -0.15) is 5.26 Å². The maximum Gasteiger partial charge on any atom is 0.110 e. The monoisotopic (exact) mass is 242 g/mol. The van der Waals surface area contributed by atoms with E-state index in [0.717, 1.165) is 12.8 Å². The molecule has 0 heterocycles. The van der Waals surface area contributed by atoms with Crippen molar-refractivity contribution >= 4 is 0 Å². The summed E-state index contributed by atoms with van der Waals surface area (Å²) in [5.74, 6) is 0.494. The van der Waals surface area contributed by atoms with Crippen molar-refractivity contribution in [1.82, 2.24) is 5.32 Å². The fourth-order valence-corrected chi connectivity index (χ4v) is 3.21. The molecule has 0 spiro atoms. The molecule has 0 radical (unpaired) electrons.